The predicted molar refractivity (Wildman–Crippen MR) is 184 cm³/mol. The van der Waals surface area contributed by atoms with Crippen LogP contribution < -0.4 is 26.0 Å². The van der Waals surface area contributed by atoms with Crippen molar-refractivity contribution < 1.29 is 13.9 Å². The summed E-state index contributed by atoms with van der Waals surface area (Å²) in [6.07, 6.45) is 2.22. The summed E-state index contributed by atoms with van der Waals surface area (Å²) >= 11 is 0. The number of nitrogens with zero attached hydrogens (tertiary/aromatic N) is 5. The zero-order valence-corrected chi connectivity index (χ0v) is 26.6. The summed E-state index contributed by atoms with van der Waals surface area (Å²) in [5.74, 6) is 0.614. The molecule has 3 aromatic carbocycles. The molecule has 2 bridgehead atoms. The van der Waals surface area contributed by atoms with E-state index in [-0.39, 0.29) is 18.3 Å². The maximum absolute atomic E-state index is 14.7. The van der Waals surface area contributed by atoms with E-state index in [0.29, 0.717) is 47.2 Å². The molecule has 0 saturated carbocycles. The van der Waals surface area contributed by atoms with Gasteiger partial charge in [-0.15, -0.1) is 0 Å². The number of pyridine rings is 1. The van der Waals surface area contributed by atoms with E-state index in [4.69, 9.17) is 20.6 Å². The first kappa shape index (κ1) is 30.7. The molecule has 4 heterocycles. The number of aromatic nitrogens is 4. The predicted octanol–water partition coefficient (Wildman–Crippen LogP) is 6.40. The lowest BCUT2D eigenvalue weighted by atomic mass is 10.0. The maximum Gasteiger partial charge on any atom is 0.256 e. The average Bonchev–Trinajstić information content (AvgIpc) is 3.52. The van der Waals surface area contributed by atoms with E-state index in [0.717, 1.165) is 28.5 Å². The number of carbonyl (C=O) groups is 1. The number of amides is 1. The molecule has 1 amide bonds. The Kier molecular flexibility index (Phi) is 8.33. The van der Waals surface area contributed by atoms with E-state index in [1.807, 2.05) is 74.5 Å². The number of rotatable bonds is 6. The van der Waals surface area contributed by atoms with Gasteiger partial charge in [0.05, 0.1) is 30.5 Å². The molecule has 6 aromatic rings. The lowest BCUT2D eigenvalue weighted by molar-refractivity contribution is 0.0932. The molecule has 0 fully saturated rings. The van der Waals surface area contributed by atoms with Crippen LogP contribution in [0.2, 0.25) is 0 Å². The Morgan fingerprint density at radius 2 is 1.62 bits per heavy atom. The Morgan fingerprint density at radius 1 is 0.958 bits per heavy atom. The first-order chi connectivity index (χ1) is 23.3. The Bertz CT molecular complexity index is 2030. The van der Waals surface area contributed by atoms with Crippen LogP contribution >= 0.6 is 0 Å². The number of hydrogen-bond donors (Lipinski definition) is 3. The van der Waals surface area contributed by atoms with Crippen molar-refractivity contribution in [1.29, 1.82) is 0 Å². The van der Waals surface area contributed by atoms with E-state index in [2.05, 4.69) is 44.8 Å². The fraction of sp³-hybridized carbons (Fsp3) is 0.189. The third-order valence-corrected chi connectivity index (χ3v) is 8.33. The summed E-state index contributed by atoms with van der Waals surface area (Å²) in [5.41, 5.74) is 11.7. The fourth-order valence-corrected chi connectivity index (χ4v) is 5.96. The van der Waals surface area contributed by atoms with Crippen molar-refractivity contribution in [2.24, 2.45) is 0 Å². The van der Waals surface area contributed by atoms with Gasteiger partial charge in [0.15, 0.2) is 5.65 Å². The molecule has 0 aliphatic carbocycles. The summed E-state index contributed by atoms with van der Waals surface area (Å²) in [5, 5.41) is 11.3. The first-order valence-corrected chi connectivity index (χ1v) is 15.8. The van der Waals surface area contributed by atoms with Gasteiger partial charge in [-0.2, -0.15) is 9.61 Å². The number of anilines is 3. The van der Waals surface area contributed by atoms with Crippen molar-refractivity contribution in [2.45, 2.75) is 39.1 Å². The largest absolute Gasteiger partial charge is 0.473 e. The van der Waals surface area contributed by atoms with E-state index in [9.17, 15) is 9.18 Å². The zero-order valence-electron chi connectivity index (χ0n) is 26.6. The standard InChI is InChI=1S/C37H35FN8O2/c1-23-18-40-35(47)31-20-42-46-34(31)44-33(43-24(2)30-17-28(38)19-41-36(30)48-23)32(27-13-15-29(39)16-14-27)37(46)45(21-25-9-5-3-6-10-25)22-26-11-7-4-8-12-26/h3-17,19-20,23-24H,18,21-22,39H2,1-2H3,(H,40,47)(H,43,44). The number of ether oxygens (including phenoxy) is 1. The van der Waals surface area contributed by atoms with Gasteiger partial charge in [0.2, 0.25) is 5.88 Å². The highest BCUT2D eigenvalue weighted by Gasteiger charge is 2.29. The third-order valence-electron chi connectivity index (χ3n) is 8.33. The van der Waals surface area contributed by atoms with E-state index in [1.54, 1.807) is 10.7 Å². The van der Waals surface area contributed by atoms with Crippen LogP contribution in [0.15, 0.2) is 103 Å². The Balaban J connectivity index is 1.52. The Labute approximate surface area is 277 Å². The van der Waals surface area contributed by atoms with E-state index >= 15 is 0 Å². The van der Waals surface area contributed by atoms with Gasteiger partial charge in [-0.05, 0) is 48.7 Å². The molecule has 10 nitrogen and oxygen atoms in total. The van der Waals surface area contributed by atoms with Crippen LogP contribution in [0.4, 0.5) is 21.7 Å². The molecule has 2 unspecified atom stereocenters. The topological polar surface area (TPSA) is 123 Å². The summed E-state index contributed by atoms with van der Waals surface area (Å²) in [7, 11) is 0. The lowest BCUT2D eigenvalue weighted by Crippen LogP contribution is -2.34. The van der Waals surface area contributed by atoms with Gasteiger partial charge in [0, 0.05) is 24.3 Å². The van der Waals surface area contributed by atoms with E-state index in [1.165, 1.54) is 6.07 Å². The molecule has 2 atom stereocenters. The molecule has 7 rings (SSSR count). The molecule has 48 heavy (non-hydrogen) atoms. The SMILES string of the molecule is CC1CNC(=O)c2cnn3c(N(Cc4ccccc4)Cc4ccccc4)c(-c4ccc(N)cc4)c(nc23)NC(C)c2cc(F)cnc2O1. The van der Waals surface area contributed by atoms with Crippen molar-refractivity contribution in [2.75, 3.05) is 22.5 Å². The monoisotopic (exact) mass is 642 g/mol. The van der Waals surface area contributed by atoms with Crippen LogP contribution in [0.3, 0.4) is 0 Å². The summed E-state index contributed by atoms with van der Waals surface area (Å²) in [6, 6.07) is 28.8. The Hall–Kier alpha value is -5.97. The van der Waals surface area contributed by atoms with Crippen molar-refractivity contribution in [3.8, 4) is 17.0 Å². The molecule has 0 radical (unpaired) electrons. The number of fused-ring (bicyclic) bond motifs is 2. The second-order valence-corrected chi connectivity index (χ2v) is 12.0. The average molecular weight is 643 g/mol. The van der Waals surface area contributed by atoms with Gasteiger partial charge in [-0.25, -0.2) is 14.4 Å². The zero-order chi connectivity index (χ0) is 33.2. The fourth-order valence-electron chi connectivity index (χ4n) is 5.96. The minimum absolute atomic E-state index is 0.188. The minimum atomic E-state index is -0.502. The number of carbonyl (C=O) groups excluding carboxylic acids is 1. The van der Waals surface area contributed by atoms with Gasteiger partial charge < -0.3 is 26.0 Å². The highest BCUT2D eigenvalue weighted by molar-refractivity contribution is 6.01. The quantitative estimate of drug-likeness (QED) is 0.178. The van der Waals surface area contributed by atoms with Crippen LogP contribution in [-0.2, 0) is 13.1 Å². The van der Waals surface area contributed by atoms with Crippen molar-refractivity contribution >= 4 is 28.9 Å². The summed E-state index contributed by atoms with van der Waals surface area (Å²) < 4.78 is 22.5. The molecule has 0 spiro atoms. The normalized spacial score (nSPS) is 16.1. The smallest absolute Gasteiger partial charge is 0.256 e. The van der Waals surface area contributed by atoms with Crippen LogP contribution in [-0.4, -0.2) is 38.1 Å². The van der Waals surface area contributed by atoms with E-state index < -0.39 is 18.0 Å². The molecule has 11 heteroatoms. The summed E-state index contributed by atoms with van der Waals surface area (Å²) in [4.78, 5) is 25.2. The Morgan fingerprint density at radius 3 is 2.29 bits per heavy atom. The highest BCUT2D eigenvalue weighted by atomic mass is 19.1. The van der Waals surface area contributed by atoms with Gasteiger partial charge in [0.25, 0.3) is 5.91 Å². The molecular weight excluding hydrogens is 607 g/mol. The number of nitrogen functional groups attached to an aromatic ring is 1. The molecule has 3 aromatic heterocycles. The number of nitrogens with two attached hydrogens (primary N) is 1. The van der Waals surface area contributed by atoms with Gasteiger partial charge in [-0.1, -0.05) is 72.8 Å². The minimum Gasteiger partial charge on any atom is -0.473 e. The molecule has 1 aliphatic rings. The van der Waals surface area contributed by atoms with Crippen molar-refractivity contribution in [3.63, 3.8) is 0 Å². The summed E-state index contributed by atoms with van der Waals surface area (Å²) in [6.45, 7) is 4.96. The number of benzene rings is 3. The van der Waals surface area contributed by atoms with Crippen molar-refractivity contribution in [3.05, 3.63) is 131 Å². The van der Waals surface area contributed by atoms with Gasteiger partial charge in [-0.3, -0.25) is 4.79 Å². The molecule has 4 N–H and O–H groups in total. The molecule has 1 aliphatic heterocycles. The second-order valence-electron chi connectivity index (χ2n) is 12.0. The van der Waals surface area contributed by atoms with Gasteiger partial charge >= 0.3 is 0 Å². The van der Waals surface area contributed by atoms with Crippen LogP contribution in [0, 0.1) is 5.82 Å². The molecule has 242 valence electrons. The second kappa shape index (κ2) is 13.0. The van der Waals surface area contributed by atoms with Crippen LogP contribution in [0.5, 0.6) is 5.88 Å². The molecule has 0 saturated heterocycles. The first-order valence-electron chi connectivity index (χ1n) is 15.8. The van der Waals surface area contributed by atoms with Crippen LogP contribution in [0.1, 0.15) is 46.9 Å². The lowest BCUT2D eigenvalue weighted by Gasteiger charge is -2.30. The maximum atomic E-state index is 14.7. The number of nitrogens with one attached hydrogen (secondary N) is 2. The number of halogens is 1. The molecular formula is C37H35FN8O2. The van der Waals surface area contributed by atoms with Gasteiger partial charge in [0.1, 0.15) is 29.1 Å². The van der Waals surface area contributed by atoms with Crippen molar-refractivity contribution in [1.82, 2.24) is 24.9 Å². The number of hydrogen-bond acceptors (Lipinski definition) is 8. The third kappa shape index (κ3) is 6.22. The highest BCUT2D eigenvalue weighted by Crippen LogP contribution is 2.41. The van der Waals surface area contributed by atoms with Crippen LogP contribution in [0.25, 0.3) is 16.8 Å².